The molecule has 0 spiro atoms. The van der Waals surface area contributed by atoms with Crippen LogP contribution in [0.25, 0.3) is 16.3 Å². The molecular formula is C21H24N4OS. The molecular weight excluding hydrogens is 356 g/mol. The molecule has 2 heterocycles. The van der Waals surface area contributed by atoms with Gasteiger partial charge in [-0.25, -0.2) is 4.68 Å². The number of nitrogens with zero attached hydrogens (tertiary/aromatic N) is 3. The van der Waals surface area contributed by atoms with E-state index in [0.717, 1.165) is 47.5 Å². The van der Waals surface area contributed by atoms with Crippen molar-refractivity contribution in [2.24, 2.45) is 5.73 Å². The Bertz CT molecular complexity index is 911. The Hall–Kier alpha value is -2.44. The summed E-state index contributed by atoms with van der Waals surface area (Å²) in [7, 11) is 1.84. The van der Waals surface area contributed by atoms with Gasteiger partial charge in [-0.2, -0.15) is 5.10 Å². The zero-order chi connectivity index (χ0) is 18.9. The number of carbonyl (C=O) groups excluding carboxylic acids is 1. The number of aromatic nitrogens is 2. The maximum absolute atomic E-state index is 12.9. The second-order valence-electron chi connectivity index (χ2n) is 7.28. The number of rotatable bonds is 5. The Labute approximate surface area is 163 Å². The molecule has 140 valence electrons. The molecule has 4 rings (SSSR count). The molecule has 1 saturated carbocycles. The molecule has 1 aliphatic rings. The highest BCUT2D eigenvalue weighted by Crippen LogP contribution is 2.31. The minimum absolute atomic E-state index is 0.0320. The molecule has 3 aromatic rings. The smallest absolute Gasteiger partial charge is 0.242 e. The number of carbonyl (C=O) groups is 1. The maximum atomic E-state index is 12.9. The van der Waals surface area contributed by atoms with Crippen LogP contribution in [0.1, 0.15) is 31.2 Å². The van der Waals surface area contributed by atoms with Crippen molar-refractivity contribution in [3.8, 4) is 16.3 Å². The lowest BCUT2D eigenvalue weighted by atomic mass is 9.97. The highest BCUT2D eigenvalue weighted by Gasteiger charge is 2.39. The van der Waals surface area contributed by atoms with Crippen molar-refractivity contribution in [1.29, 1.82) is 0 Å². The number of thiophene rings is 1. The van der Waals surface area contributed by atoms with Gasteiger partial charge in [-0.15, -0.1) is 11.3 Å². The van der Waals surface area contributed by atoms with Gasteiger partial charge in [0.25, 0.3) is 0 Å². The van der Waals surface area contributed by atoms with E-state index >= 15 is 0 Å². The number of hydrogen-bond donors (Lipinski definition) is 1. The van der Waals surface area contributed by atoms with Gasteiger partial charge >= 0.3 is 0 Å². The third kappa shape index (κ3) is 3.55. The van der Waals surface area contributed by atoms with Crippen LogP contribution in [0.15, 0.2) is 54.0 Å². The minimum atomic E-state index is -0.701. The number of amides is 1. The van der Waals surface area contributed by atoms with E-state index in [1.165, 1.54) is 0 Å². The first kappa shape index (κ1) is 17.9. The summed E-state index contributed by atoms with van der Waals surface area (Å²) in [6.07, 6.45) is 5.63. The van der Waals surface area contributed by atoms with Crippen molar-refractivity contribution >= 4 is 17.2 Å². The standard InChI is InChI=1S/C21H24N4OS/c1-24(20(26)21(22)11-5-6-12-21)14-16-15-25(17-8-3-2-4-9-17)23-19(16)18-10-7-13-27-18/h2-4,7-10,13,15H,5-6,11-12,14,22H2,1H3. The second kappa shape index (κ2) is 7.29. The van der Waals surface area contributed by atoms with Gasteiger partial charge in [0.05, 0.1) is 16.1 Å². The fourth-order valence-electron chi connectivity index (χ4n) is 3.79. The Morgan fingerprint density at radius 1 is 1.22 bits per heavy atom. The Morgan fingerprint density at radius 2 is 1.96 bits per heavy atom. The summed E-state index contributed by atoms with van der Waals surface area (Å²) in [5, 5.41) is 6.85. The second-order valence-corrected chi connectivity index (χ2v) is 8.23. The molecule has 5 nitrogen and oxygen atoms in total. The predicted molar refractivity (Wildman–Crippen MR) is 109 cm³/mol. The molecule has 1 amide bonds. The lowest BCUT2D eigenvalue weighted by Crippen LogP contribution is -2.52. The van der Waals surface area contributed by atoms with Crippen LogP contribution < -0.4 is 5.73 Å². The average Bonchev–Trinajstić information content (AvgIpc) is 3.42. The SMILES string of the molecule is CN(Cc1cn(-c2ccccc2)nc1-c1cccs1)C(=O)C1(N)CCCC1. The number of benzene rings is 1. The van der Waals surface area contributed by atoms with E-state index < -0.39 is 5.54 Å². The van der Waals surface area contributed by atoms with Gasteiger partial charge in [-0.05, 0) is 36.4 Å². The van der Waals surface area contributed by atoms with E-state index in [1.807, 2.05) is 59.7 Å². The number of hydrogen-bond acceptors (Lipinski definition) is 4. The van der Waals surface area contributed by atoms with Gasteiger partial charge in [0.1, 0.15) is 5.69 Å². The number of nitrogens with two attached hydrogens (primary N) is 1. The molecule has 1 fully saturated rings. The maximum Gasteiger partial charge on any atom is 0.242 e. The van der Waals surface area contributed by atoms with Crippen LogP contribution in [0.5, 0.6) is 0 Å². The van der Waals surface area contributed by atoms with Gasteiger partial charge in [0, 0.05) is 25.4 Å². The third-order valence-corrected chi connectivity index (χ3v) is 6.12. The van der Waals surface area contributed by atoms with Crippen LogP contribution in [0, 0.1) is 0 Å². The van der Waals surface area contributed by atoms with Crippen LogP contribution in [-0.2, 0) is 11.3 Å². The van der Waals surface area contributed by atoms with Crippen LogP contribution in [-0.4, -0.2) is 33.2 Å². The van der Waals surface area contributed by atoms with E-state index in [2.05, 4.69) is 6.07 Å². The van der Waals surface area contributed by atoms with Gasteiger partial charge < -0.3 is 10.6 Å². The van der Waals surface area contributed by atoms with E-state index in [0.29, 0.717) is 6.54 Å². The normalized spacial score (nSPS) is 15.8. The molecule has 1 aliphatic carbocycles. The number of para-hydroxylation sites is 1. The molecule has 2 N–H and O–H groups in total. The van der Waals surface area contributed by atoms with E-state index in [1.54, 1.807) is 16.2 Å². The first-order valence-corrected chi connectivity index (χ1v) is 10.2. The molecule has 0 unspecified atom stereocenters. The average molecular weight is 381 g/mol. The first-order valence-electron chi connectivity index (χ1n) is 9.29. The molecule has 0 saturated heterocycles. The van der Waals surface area contributed by atoms with Crippen molar-refractivity contribution in [3.05, 3.63) is 59.6 Å². The van der Waals surface area contributed by atoms with Gasteiger partial charge in [0.2, 0.25) is 5.91 Å². The zero-order valence-corrected chi connectivity index (χ0v) is 16.3. The van der Waals surface area contributed by atoms with Crippen molar-refractivity contribution in [2.75, 3.05) is 7.05 Å². The molecule has 1 aromatic carbocycles. The largest absolute Gasteiger partial charge is 0.340 e. The highest BCUT2D eigenvalue weighted by molar-refractivity contribution is 7.13. The summed E-state index contributed by atoms with van der Waals surface area (Å²) < 4.78 is 1.89. The zero-order valence-electron chi connectivity index (χ0n) is 15.5. The van der Waals surface area contributed by atoms with Crippen LogP contribution in [0.3, 0.4) is 0 Å². The molecule has 6 heteroatoms. The summed E-state index contributed by atoms with van der Waals surface area (Å²) in [5.41, 5.74) is 8.63. The van der Waals surface area contributed by atoms with Crippen molar-refractivity contribution in [2.45, 2.75) is 37.8 Å². The Balaban J connectivity index is 1.65. The molecule has 0 aliphatic heterocycles. The fourth-order valence-corrected chi connectivity index (χ4v) is 4.53. The summed E-state index contributed by atoms with van der Waals surface area (Å²) in [5.74, 6) is 0.0320. The fraction of sp³-hybridized carbons (Fsp3) is 0.333. The summed E-state index contributed by atoms with van der Waals surface area (Å²) >= 11 is 1.65. The number of likely N-dealkylation sites (N-methyl/N-ethyl adjacent to an activating group) is 1. The lowest BCUT2D eigenvalue weighted by Gasteiger charge is -2.28. The molecule has 0 radical (unpaired) electrons. The first-order chi connectivity index (χ1) is 13.1. The third-order valence-electron chi connectivity index (χ3n) is 5.24. The predicted octanol–water partition coefficient (Wildman–Crippen LogP) is 3.83. The Morgan fingerprint density at radius 3 is 2.63 bits per heavy atom. The van der Waals surface area contributed by atoms with Crippen LogP contribution in [0.2, 0.25) is 0 Å². The topological polar surface area (TPSA) is 64.2 Å². The lowest BCUT2D eigenvalue weighted by molar-refractivity contribution is -0.136. The molecule has 0 bridgehead atoms. The molecule has 27 heavy (non-hydrogen) atoms. The monoisotopic (exact) mass is 380 g/mol. The van der Waals surface area contributed by atoms with Crippen molar-refractivity contribution in [1.82, 2.24) is 14.7 Å². The van der Waals surface area contributed by atoms with Gasteiger partial charge in [0.15, 0.2) is 0 Å². The quantitative estimate of drug-likeness (QED) is 0.732. The van der Waals surface area contributed by atoms with E-state index in [9.17, 15) is 4.79 Å². The van der Waals surface area contributed by atoms with E-state index in [4.69, 9.17) is 10.8 Å². The minimum Gasteiger partial charge on any atom is -0.340 e. The molecule has 0 atom stereocenters. The Kier molecular flexibility index (Phi) is 4.85. The van der Waals surface area contributed by atoms with Crippen LogP contribution in [0.4, 0.5) is 0 Å². The summed E-state index contributed by atoms with van der Waals surface area (Å²) in [6.45, 7) is 0.498. The van der Waals surface area contributed by atoms with E-state index in [-0.39, 0.29) is 5.91 Å². The highest BCUT2D eigenvalue weighted by atomic mass is 32.1. The van der Waals surface area contributed by atoms with Crippen molar-refractivity contribution < 1.29 is 4.79 Å². The van der Waals surface area contributed by atoms with Crippen LogP contribution >= 0.6 is 11.3 Å². The summed E-state index contributed by atoms with van der Waals surface area (Å²) in [4.78, 5) is 15.8. The summed E-state index contributed by atoms with van der Waals surface area (Å²) in [6, 6.07) is 14.1. The van der Waals surface area contributed by atoms with Crippen molar-refractivity contribution in [3.63, 3.8) is 0 Å². The van der Waals surface area contributed by atoms with Gasteiger partial charge in [-0.3, -0.25) is 4.79 Å². The van der Waals surface area contributed by atoms with Gasteiger partial charge in [-0.1, -0.05) is 37.1 Å². The molecule has 2 aromatic heterocycles.